The fraction of sp³-hybridized carbons (Fsp3) is 0.458. The first-order valence-electron chi connectivity index (χ1n) is 11.3. The van der Waals surface area contributed by atoms with Crippen molar-refractivity contribution in [2.75, 3.05) is 38.1 Å². The molecule has 1 atom stereocenters. The Balaban J connectivity index is 0.00000306. The van der Waals surface area contributed by atoms with E-state index in [1.54, 1.807) is 19.3 Å². The monoisotopic (exact) mass is 566 g/mol. The minimum Gasteiger partial charge on any atom is -0.352 e. The van der Waals surface area contributed by atoms with Crippen LogP contribution in [-0.4, -0.2) is 61.0 Å². The van der Waals surface area contributed by atoms with Crippen molar-refractivity contribution in [3.63, 3.8) is 0 Å². The molecule has 3 heterocycles. The van der Waals surface area contributed by atoms with Gasteiger partial charge in [0.2, 0.25) is 0 Å². The van der Waals surface area contributed by atoms with Crippen molar-refractivity contribution in [1.82, 2.24) is 20.5 Å². The summed E-state index contributed by atoms with van der Waals surface area (Å²) in [6.45, 7) is 3.65. The maximum absolute atomic E-state index is 14.0. The number of hydrogen-bond donors (Lipinski definition) is 2. The lowest BCUT2D eigenvalue weighted by molar-refractivity contribution is 0.0724. The minimum absolute atomic E-state index is 0. The van der Waals surface area contributed by atoms with Crippen LogP contribution in [0.15, 0.2) is 47.6 Å². The van der Waals surface area contributed by atoms with Crippen LogP contribution in [-0.2, 0) is 6.54 Å². The van der Waals surface area contributed by atoms with E-state index in [4.69, 9.17) is 0 Å². The lowest BCUT2D eigenvalue weighted by atomic mass is 10.1. The number of aliphatic imine (C=N–C) groups is 1. The van der Waals surface area contributed by atoms with Gasteiger partial charge in [-0.2, -0.15) is 0 Å². The molecule has 33 heavy (non-hydrogen) atoms. The summed E-state index contributed by atoms with van der Waals surface area (Å²) in [5.41, 5.74) is 1.76. The van der Waals surface area contributed by atoms with Crippen LogP contribution >= 0.6 is 24.0 Å². The van der Waals surface area contributed by atoms with Gasteiger partial charge in [-0.05, 0) is 55.5 Å². The smallest absolute Gasteiger partial charge is 0.253 e. The average molecular weight is 566 g/mol. The lowest BCUT2D eigenvalue weighted by Crippen LogP contribution is -2.44. The maximum Gasteiger partial charge on any atom is 0.253 e. The van der Waals surface area contributed by atoms with Crippen LogP contribution in [0.2, 0.25) is 0 Å². The molecule has 2 aliphatic rings. The summed E-state index contributed by atoms with van der Waals surface area (Å²) in [6, 6.07) is 11.0. The molecular weight excluding hydrogens is 534 g/mol. The number of nitrogens with zero attached hydrogens (tertiary/aromatic N) is 4. The number of anilines is 1. The fourth-order valence-corrected chi connectivity index (χ4v) is 4.35. The highest BCUT2D eigenvalue weighted by Crippen LogP contribution is 2.20. The normalized spacial score (nSPS) is 18.6. The van der Waals surface area contributed by atoms with Gasteiger partial charge in [-0.15, -0.1) is 24.0 Å². The van der Waals surface area contributed by atoms with Gasteiger partial charge in [0.1, 0.15) is 0 Å². The quantitative estimate of drug-likeness (QED) is 0.330. The molecule has 1 aromatic carbocycles. The van der Waals surface area contributed by atoms with E-state index in [0.717, 1.165) is 50.0 Å². The summed E-state index contributed by atoms with van der Waals surface area (Å²) >= 11 is 0. The summed E-state index contributed by atoms with van der Waals surface area (Å²) < 4.78 is 14.0. The second kappa shape index (κ2) is 12.2. The van der Waals surface area contributed by atoms with Crippen LogP contribution in [0.3, 0.4) is 0 Å². The highest BCUT2D eigenvalue weighted by Gasteiger charge is 2.26. The zero-order valence-electron chi connectivity index (χ0n) is 19.0. The number of pyridine rings is 1. The molecule has 0 saturated carbocycles. The Labute approximate surface area is 211 Å². The summed E-state index contributed by atoms with van der Waals surface area (Å²) in [4.78, 5) is 25.2. The standard InChI is InChI=1S/C24H31FN6O.HI/c1-26-24(29-20-10-14-31(17-20)22-21(25)9-6-11-27-22)28-16-18-7-5-8-19(15-18)23(32)30-12-3-2-4-13-30;/h5-9,11,15,20H,2-4,10,12-14,16-17H2,1H3,(H2,26,28,29);1H. The van der Waals surface area contributed by atoms with E-state index in [2.05, 4.69) is 20.6 Å². The molecule has 2 aliphatic heterocycles. The third-order valence-corrected chi connectivity index (χ3v) is 6.07. The van der Waals surface area contributed by atoms with Gasteiger partial charge in [-0.25, -0.2) is 9.37 Å². The minimum atomic E-state index is -0.297. The molecule has 1 aromatic heterocycles. The molecule has 0 radical (unpaired) electrons. The molecule has 1 amide bonds. The molecule has 4 rings (SSSR count). The maximum atomic E-state index is 14.0. The predicted molar refractivity (Wildman–Crippen MR) is 140 cm³/mol. The number of likely N-dealkylation sites (tertiary alicyclic amines) is 1. The van der Waals surface area contributed by atoms with Gasteiger partial charge >= 0.3 is 0 Å². The number of amides is 1. The van der Waals surface area contributed by atoms with Gasteiger partial charge in [-0.3, -0.25) is 9.79 Å². The van der Waals surface area contributed by atoms with E-state index in [9.17, 15) is 9.18 Å². The SMILES string of the molecule is CN=C(NCc1cccc(C(=O)N2CCCCC2)c1)NC1CCN(c2ncccc2F)C1.I. The Bertz CT molecular complexity index is 965. The summed E-state index contributed by atoms with van der Waals surface area (Å²) in [6.07, 6.45) is 5.86. The highest BCUT2D eigenvalue weighted by molar-refractivity contribution is 14.0. The van der Waals surface area contributed by atoms with Gasteiger partial charge in [-0.1, -0.05) is 12.1 Å². The molecule has 0 bridgehead atoms. The molecule has 9 heteroatoms. The molecular formula is C24H32FIN6O. The van der Waals surface area contributed by atoms with Crippen molar-refractivity contribution < 1.29 is 9.18 Å². The van der Waals surface area contributed by atoms with Gasteiger partial charge in [0.05, 0.1) is 0 Å². The first-order valence-corrected chi connectivity index (χ1v) is 11.3. The van der Waals surface area contributed by atoms with Crippen molar-refractivity contribution in [2.45, 2.75) is 38.3 Å². The molecule has 7 nitrogen and oxygen atoms in total. The molecule has 2 saturated heterocycles. The zero-order chi connectivity index (χ0) is 22.3. The van der Waals surface area contributed by atoms with Crippen LogP contribution in [0.5, 0.6) is 0 Å². The number of rotatable bonds is 5. The van der Waals surface area contributed by atoms with E-state index in [0.29, 0.717) is 24.9 Å². The third-order valence-electron chi connectivity index (χ3n) is 6.07. The van der Waals surface area contributed by atoms with Crippen molar-refractivity contribution in [3.8, 4) is 0 Å². The van der Waals surface area contributed by atoms with Crippen molar-refractivity contribution in [2.24, 2.45) is 4.99 Å². The molecule has 0 spiro atoms. The number of carbonyl (C=O) groups excluding carboxylic acids is 1. The molecule has 2 N–H and O–H groups in total. The number of benzene rings is 1. The van der Waals surface area contributed by atoms with Crippen molar-refractivity contribution in [1.29, 1.82) is 0 Å². The summed E-state index contributed by atoms with van der Waals surface area (Å²) in [5, 5.41) is 6.75. The molecule has 2 fully saturated rings. The molecule has 1 unspecified atom stereocenters. The second-order valence-corrected chi connectivity index (χ2v) is 8.36. The zero-order valence-corrected chi connectivity index (χ0v) is 21.3. The van der Waals surface area contributed by atoms with E-state index in [1.165, 1.54) is 12.5 Å². The van der Waals surface area contributed by atoms with E-state index < -0.39 is 0 Å². The predicted octanol–water partition coefficient (Wildman–Crippen LogP) is 3.41. The van der Waals surface area contributed by atoms with E-state index in [1.807, 2.05) is 34.1 Å². The average Bonchev–Trinajstić information content (AvgIpc) is 3.30. The Morgan fingerprint density at radius 2 is 2.00 bits per heavy atom. The van der Waals surface area contributed by atoms with Crippen LogP contribution < -0.4 is 15.5 Å². The van der Waals surface area contributed by atoms with E-state index >= 15 is 0 Å². The number of carbonyl (C=O) groups is 1. The van der Waals surface area contributed by atoms with Crippen LogP contribution in [0.25, 0.3) is 0 Å². The first kappa shape index (κ1) is 25.2. The number of guanidine groups is 1. The van der Waals surface area contributed by atoms with Gasteiger partial charge in [0.25, 0.3) is 5.91 Å². The van der Waals surface area contributed by atoms with E-state index in [-0.39, 0.29) is 41.7 Å². The Morgan fingerprint density at radius 3 is 2.76 bits per heavy atom. The van der Waals surface area contributed by atoms with Crippen LogP contribution in [0.1, 0.15) is 41.6 Å². The number of aromatic nitrogens is 1. The molecule has 2 aromatic rings. The summed E-state index contributed by atoms with van der Waals surface area (Å²) in [5.74, 6) is 0.900. The fourth-order valence-electron chi connectivity index (χ4n) is 4.35. The Kier molecular flexibility index (Phi) is 9.28. The Morgan fingerprint density at radius 1 is 1.18 bits per heavy atom. The van der Waals surface area contributed by atoms with Gasteiger partial charge < -0.3 is 20.4 Å². The topological polar surface area (TPSA) is 72.9 Å². The molecule has 178 valence electrons. The highest BCUT2D eigenvalue weighted by atomic mass is 127. The number of piperidine rings is 1. The second-order valence-electron chi connectivity index (χ2n) is 8.36. The Hall–Kier alpha value is -2.43. The number of hydrogen-bond acceptors (Lipinski definition) is 4. The molecule has 0 aliphatic carbocycles. The van der Waals surface area contributed by atoms with Crippen molar-refractivity contribution >= 4 is 41.7 Å². The van der Waals surface area contributed by atoms with Gasteiger partial charge in [0, 0.05) is 57.6 Å². The lowest BCUT2D eigenvalue weighted by Gasteiger charge is -2.26. The number of halogens is 2. The van der Waals surface area contributed by atoms with Crippen molar-refractivity contribution in [3.05, 3.63) is 59.5 Å². The van der Waals surface area contributed by atoms with Crippen LogP contribution in [0.4, 0.5) is 10.2 Å². The van der Waals surface area contributed by atoms with Crippen LogP contribution in [0, 0.1) is 5.82 Å². The first-order chi connectivity index (χ1) is 15.6. The third kappa shape index (κ3) is 6.55. The largest absolute Gasteiger partial charge is 0.352 e. The number of nitrogens with one attached hydrogen (secondary N) is 2. The van der Waals surface area contributed by atoms with Gasteiger partial charge in [0.15, 0.2) is 17.6 Å². The summed E-state index contributed by atoms with van der Waals surface area (Å²) in [7, 11) is 1.73.